The van der Waals surface area contributed by atoms with Crippen molar-refractivity contribution < 1.29 is 19.2 Å². The molecule has 0 aliphatic heterocycles. The van der Waals surface area contributed by atoms with Gasteiger partial charge in [0.05, 0.1) is 18.1 Å². The molecule has 3 rings (SSSR count). The van der Waals surface area contributed by atoms with Crippen LogP contribution < -0.4 is 16.0 Å². The van der Waals surface area contributed by atoms with Crippen molar-refractivity contribution in [3.05, 3.63) is 60.0 Å². The average Bonchev–Trinajstić information content (AvgIpc) is 3.24. The summed E-state index contributed by atoms with van der Waals surface area (Å²) in [5, 5.41) is 16.0. The predicted molar refractivity (Wildman–Crippen MR) is 132 cm³/mol. The van der Waals surface area contributed by atoms with E-state index in [1.807, 2.05) is 31.2 Å². The van der Waals surface area contributed by atoms with Gasteiger partial charge in [0, 0.05) is 42.6 Å². The van der Waals surface area contributed by atoms with Gasteiger partial charge in [0.2, 0.25) is 17.7 Å². The van der Waals surface area contributed by atoms with Gasteiger partial charge >= 0.3 is 0 Å². The Labute approximate surface area is 202 Å². The van der Waals surface area contributed by atoms with Crippen LogP contribution in [0.1, 0.15) is 31.0 Å². The number of aromatic nitrogens is 2. The van der Waals surface area contributed by atoms with E-state index in [0.717, 1.165) is 22.2 Å². The molecule has 0 radical (unpaired) electrons. The van der Waals surface area contributed by atoms with Crippen LogP contribution >= 0.6 is 0 Å². The van der Waals surface area contributed by atoms with Crippen LogP contribution in [-0.2, 0) is 25.6 Å². The quantitative estimate of drug-likeness (QED) is 0.268. The van der Waals surface area contributed by atoms with E-state index in [1.54, 1.807) is 18.3 Å². The van der Waals surface area contributed by atoms with Crippen LogP contribution in [0, 0.1) is 12.3 Å². The Morgan fingerprint density at radius 2 is 1.83 bits per heavy atom. The fourth-order valence-electron chi connectivity index (χ4n) is 3.65. The molecule has 0 bridgehead atoms. The average molecular weight is 477 g/mol. The number of carbonyl (C=O) groups excluding carboxylic acids is 4. The van der Waals surface area contributed by atoms with Gasteiger partial charge in [0.25, 0.3) is 0 Å². The summed E-state index contributed by atoms with van der Waals surface area (Å²) in [6.07, 6.45) is 4.05. The van der Waals surface area contributed by atoms with Crippen LogP contribution in [0.2, 0.25) is 0 Å². The Hall–Kier alpha value is -4.34. The zero-order chi connectivity index (χ0) is 25.4. The third kappa shape index (κ3) is 7.07. The predicted octanol–water partition coefficient (Wildman–Crippen LogP) is 2.04. The first-order valence-corrected chi connectivity index (χ1v) is 11.2. The van der Waals surface area contributed by atoms with Gasteiger partial charge in [-0.1, -0.05) is 18.2 Å². The second-order valence-electron chi connectivity index (χ2n) is 8.20. The number of pyridine rings is 1. The first kappa shape index (κ1) is 25.3. The van der Waals surface area contributed by atoms with Crippen molar-refractivity contribution in [3.8, 4) is 0 Å². The molecule has 5 N–H and O–H groups in total. The summed E-state index contributed by atoms with van der Waals surface area (Å²) in [4.78, 5) is 57.0. The van der Waals surface area contributed by atoms with Gasteiger partial charge in [-0.25, -0.2) is 0 Å². The number of rotatable bonds is 11. The Kier molecular flexibility index (Phi) is 8.44. The van der Waals surface area contributed by atoms with E-state index in [0.29, 0.717) is 11.9 Å². The fourth-order valence-corrected chi connectivity index (χ4v) is 3.65. The number of aromatic amines is 1. The molecule has 35 heavy (non-hydrogen) atoms. The van der Waals surface area contributed by atoms with E-state index in [1.165, 1.54) is 13.1 Å². The molecule has 0 fully saturated rings. The molecule has 0 unspecified atom stereocenters. The molecule has 1 aromatic carbocycles. The smallest absolute Gasteiger partial charge is 0.247 e. The molecule has 182 valence electrons. The lowest BCUT2D eigenvalue weighted by molar-refractivity contribution is -0.130. The molecule has 3 aromatic rings. The highest BCUT2D eigenvalue weighted by Gasteiger charge is 2.27. The lowest BCUT2D eigenvalue weighted by Gasteiger charge is -2.22. The van der Waals surface area contributed by atoms with Crippen LogP contribution in [0.15, 0.2) is 48.8 Å². The second kappa shape index (κ2) is 11.7. The Morgan fingerprint density at radius 3 is 2.51 bits per heavy atom. The summed E-state index contributed by atoms with van der Waals surface area (Å²) in [7, 11) is 0. The van der Waals surface area contributed by atoms with Crippen LogP contribution in [0.5, 0.6) is 0 Å². The Morgan fingerprint density at radius 1 is 1.06 bits per heavy atom. The third-order valence-corrected chi connectivity index (χ3v) is 5.45. The summed E-state index contributed by atoms with van der Waals surface area (Å²) >= 11 is 0. The first-order valence-electron chi connectivity index (χ1n) is 11.2. The molecule has 10 nitrogen and oxygen atoms in total. The van der Waals surface area contributed by atoms with Crippen LogP contribution in [-0.4, -0.2) is 51.8 Å². The van der Waals surface area contributed by atoms with Crippen molar-refractivity contribution in [2.75, 3.05) is 5.32 Å². The standard InChI is InChI=1S/C25H28N6O4/c1-15-7-8-18(14-27-15)30-24(34)22(10-9-19(33)12-26)31-25(35)23(29-16(2)32)11-17-13-28-21-6-4-3-5-20(17)21/h3-8,12-14,22-23,26,28H,9-11H2,1-2H3,(H,29,32)(H,30,34)(H,31,35)/t22-,23-/m0/s1. The number of Topliss-reactive ketones (excluding diaryl/α,β-unsaturated/α-hetero) is 1. The number of ketones is 1. The number of amides is 3. The normalized spacial score (nSPS) is 12.4. The molecule has 0 saturated heterocycles. The molecule has 2 atom stereocenters. The third-order valence-electron chi connectivity index (χ3n) is 5.45. The summed E-state index contributed by atoms with van der Waals surface area (Å²) in [5.41, 5.74) is 2.95. The number of nitrogens with one attached hydrogen (secondary N) is 5. The number of carbonyl (C=O) groups is 4. The molecule has 0 aliphatic rings. The van der Waals surface area contributed by atoms with Gasteiger partial charge in [-0.15, -0.1) is 0 Å². The van der Waals surface area contributed by atoms with Crippen LogP contribution in [0.4, 0.5) is 5.69 Å². The topological polar surface area (TPSA) is 157 Å². The number of nitrogens with zero attached hydrogens (tertiary/aromatic N) is 1. The highest BCUT2D eigenvalue weighted by molar-refractivity contribution is 6.26. The minimum absolute atomic E-state index is 0.00897. The van der Waals surface area contributed by atoms with E-state index in [4.69, 9.17) is 5.41 Å². The largest absolute Gasteiger partial charge is 0.361 e. The lowest BCUT2D eigenvalue weighted by Crippen LogP contribution is -2.53. The molecular formula is C25H28N6O4. The van der Waals surface area contributed by atoms with Crippen molar-refractivity contribution >= 4 is 46.3 Å². The number of aryl methyl sites for hydroxylation is 1. The number of anilines is 1. The van der Waals surface area contributed by atoms with Gasteiger partial charge in [-0.2, -0.15) is 0 Å². The number of hydrogen-bond acceptors (Lipinski definition) is 6. The van der Waals surface area contributed by atoms with Crippen molar-refractivity contribution in [2.45, 2.75) is 45.2 Å². The van der Waals surface area contributed by atoms with Crippen molar-refractivity contribution in [1.82, 2.24) is 20.6 Å². The number of fused-ring (bicyclic) bond motifs is 1. The monoisotopic (exact) mass is 476 g/mol. The van der Waals surface area contributed by atoms with Crippen LogP contribution in [0.25, 0.3) is 10.9 Å². The second-order valence-corrected chi connectivity index (χ2v) is 8.20. The number of H-pyrrole nitrogens is 1. The van der Waals surface area contributed by atoms with Crippen molar-refractivity contribution in [1.29, 1.82) is 5.41 Å². The first-order chi connectivity index (χ1) is 16.8. The molecule has 0 aliphatic carbocycles. The molecule has 3 amide bonds. The Bertz CT molecular complexity index is 1230. The highest BCUT2D eigenvalue weighted by atomic mass is 16.2. The minimum atomic E-state index is -1.06. The van der Waals surface area contributed by atoms with Gasteiger partial charge in [-0.05, 0) is 37.1 Å². The molecule has 10 heteroatoms. The molecule has 0 saturated carbocycles. The van der Waals surface area contributed by atoms with Gasteiger partial charge < -0.3 is 26.3 Å². The number of benzene rings is 1. The summed E-state index contributed by atoms with van der Waals surface area (Å²) < 4.78 is 0. The van der Waals surface area contributed by atoms with Crippen molar-refractivity contribution in [2.24, 2.45) is 0 Å². The van der Waals surface area contributed by atoms with Crippen LogP contribution in [0.3, 0.4) is 0 Å². The van der Waals surface area contributed by atoms with Gasteiger partial charge in [-0.3, -0.25) is 24.2 Å². The lowest BCUT2D eigenvalue weighted by atomic mass is 10.0. The van der Waals surface area contributed by atoms with E-state index < -0.39 is 35.6 Å². The maximum atomic E-state index is 13.2. The zero-order valence-corrected chi connectivity index (χ0v) is 19.6. The maximum absolute atomic E-state index is 13.2. The summed E-state index contributed by atoms with van der Waals surface area (Å²) in [6.45, 7) is 3.13. The minimum Gasteiger partial charge on any atom is -0.361 e. The van der Waals surface area contributed by atoms with E-state index in [-0.39, 0.29) is 19.3 Å². The van der Waals surface area contributed by atoms with Crippen molar-refractivity contribution in [3.63, 3.8) is 0 Å². The number of para-hydroxylation sites is 1. The SMILES string of the molecule is CC(=O)N[C@@H](Cc1c[nH]c2ccccc12)C(=O)N[C@@H](CCC(=O)C=N)C(=O)Nc1ccc(C)nc1. The maximum Gasteiger partial charge on any atom is 0.247 e. The summed E-state index contributed by atoms with van der Waals surface area (Å²) in [6, 6.07) is 9.01. The zero-order valence-electron chi connectivity index (χ0n) is 19.6. The molecule has 2 heterocycles. The number of hydrogen-bond donors (Lipinski definition) is 5. The Balaban J connectivity index is 1.78. The molecule has 0 spiro atoms. The summed E-state index contributed by atoms with van der Waals surface area (Å²) in [5.74, 6) is -1.95. The molecule has 2 aromatic heterocycles. The van der Waals surface area contributed by atoms with E-state index in [9.17, 15) is 19.2 Å². The fraction of sp³-hybridized carbons (Fsp3) is 0.280. The van der Waals surface area contributed by atoms with Gasteiger partial charge in [0.1, 0.15) is 12.1 Å². The van der Waals surface area contributed by atoms with E-state index >= 15 is 0 Å². The molecular weight excluding hydrogens is 448 g/mol. The van der Waals surface area contributed by atoms with E-state index in [2.05, 4.69) is 25.9 Å². The highest BCUT2D eigenvalue weighted by Crippen LogP contribution is 2.19. The van der Waals surface area contributed by atoms with Gasteiger partial charge in [0.15, 0.2) is 5.78 Å².